The second kappa shape index (κ2) is 16.7. The Bertz CT molecular complexity index is 488. The molecule has 1 aliphatic rings. The molecule has 1 saturated carbocycles. The number of hydrogen-bond donors (Lipinski definition) is 0. The highest BCUT2D eigenvalue weighted by atomic mass is 16.1. The molecule has 1 atom stereocenters. The van der Waals surface area contributed by atoms with Crippen molar-refractivity contribution in [3.8, 4) is 0 Å². The Morgan fingerprint density at radius 3 is 1.57 bits per heavy atom. The molecule has 0 aromatic heterocycles. The highest BCUT2D eigenvalue weighted by molar-refractivity contribution is 6.22. The summed E-state index contributed by atoms with van der Waals surface area (Å²) in [6.45, 7) is 2.25. The lowest BCUT2D eigenvalue weighted by Crippen LogP contribution is -1.97. The third-order valence-corrected chi connectivity index (χ3v) is 5.96. The second-order valence-corrected chi connectivity index (χ2v) is 8.56. The summed E-state index contributed by atoms with van der Waals surface area (Å²) in [4.78, 5) is 33.5. The quantitative estimate of drug-likeness (QED) is 0.128. The molecule has 1 rings (SSSR count). The van der Waals surface area contributed by atoms with E-state index in [9.17, 15) is 14.4 Å². The van der Waals surface area contributed by atoms with Crippen LogP contribution in [0.25, 0.3) is 0 Å². The van der Waals surface area contributed by atoms with Gasteiger partial charge in [-0.25, -0.2) is 4.79 Å². The van der Waals surface area contributed by atoms with Gasteiger partial charge in [-0.15, -0.1) is 0 Å². The van der Waals surface area contributed by atoms with Crippen LogP contribution in [-0.4, -0.2) is 17.5 Å². The van der Waals surface area contributed by atoms with Gasteiger partial charge in [-0.3, -0.25) is 9.59 Å². The summed E-state index contributed by atoms with van der Waals surface area (Å²) in [6.07, 6.45) is 22.1. The van der Waals surface area contributed by atoms with E-state index in [1.807, 2.05) is 0 Å². The molecule has 0 saturated heterocycles. The molecule has 0 aromatic carbocycles. The van der Waals surface area contributed by atoms with Gasteiger partial charge < -0.3 is 0 Å². The van der Waals surface area contributed by atoms with Crippen LogP contribution in [0.5, 0.6) is 0 Å². The first-order valence-electron chi connectivity index (χ1n) is 12.0. The Balaban J connectivity index is 1.76. The second-order valence-electron chi connectivity index (χ2n) is 8.56. The summed E-state index contributed by atoms with van der Waals surface area (Å²) in [5, 5.41) is 0. The van der Waals surface area contributed by atoms with Crippen LogP contribution in [0, 0.1) is 5.92 Å². The zero-order valence-electron chi connectivity index (χ0n) is 18.2. The van der Waals surface area contributed by atoms with Crippen LogP contribution in [-0.2, 0) is 14.4 Å². The fraction of sp³-hybridized carbons (Fsp3) is 0.840. The van der Waals surface area contributed by atoms with E-state index in [1.165, 1.54) is 70.6 Å². The first-order chi connectivity index (χ1) is 13.7. The van der Waals surface area contributed by atoms with Crippen molar-refractivity contribution in [2.75, 3.05) is 0 Å². The van der Waals surface area contributed by atoms with Gasteiger partial charge in [0, 0.05) is 12.8 Å². The van der Waals surface area contributed by atoms with Gasteiger partial charge in [0.2, 0.25) is 0 Å². The predicted octanol–water partition coefficient (Wildman–Crippen LogP) is 6.94. The van der Waals surface area contributed by atoms with Crippen molar-refractivity contribution in [1.29, 1.82) is 0 Å². The maximum absolute atomic E-state index is 11.9. The lowest BCUT2D eigenvalue weighted by molar-refractivity contribution is -0.119. The fourth-order valence-electron chi connectivity index (χ4n) is 3.96. The van der Waals surface area contributed by atoms with Gasteiger partial charge in [0.05, 0.1) is 11.5 Å². The van der Waals surface area contributed by atoms with Crippen molar-refractivity contribution in [1.82, 2.24) is 0 Å². The smallest absolute Gasteiger partial charge is 0.178 e. The van der Waals surface area contributed by atoms with Gasteiger partial charge in [0.25, 0.3) is 0 Å². The lowest BCUT2D eigenvalue weighted by Gasteiger charge is -2.03. The average molecular weight is 391 g/mol. The summed E-state index contributed by atoms with van der Waals surface area (Å²) in [5.74, 6) is 2.12. The highest BCUT2D eigenvalue weighted by Gasteiger charge is 2.43. The van der Waals surface area contributed by atoms with Crippen LogP contribution < -0.4 is 0 Å². The molecule has 1 aliphatic carbocycles. The van der Waals surface area contributed by atoms with Gasteiger partial charge in [-0.05, 0) is 19.3 Å². The van der Waals surface area contributed by atoms with Gasteiger partial charge >= 0.3 is 0 Å². The SMILES string of the molecule is CCCCCCCCCCCC(=O)CCCCCCCCCC1C(=O)C1=C=O. The van der Waals surface area contributed by atoms with E-state index in [2.05, 4.69) is 6.92 Å². The van der Waals surface area contributed by atoms with E-state index < -0.39 is 0 Å². The minimum Gasteiger partial charge on any atom is -0.300 e. The van der Waals surface area contributed by atoms with Crippen LogP contribution in [0.3, 0.4) is 0 Å². The number of unbranched alkanes of at least 4 members (excludes halogenated alkanes) is 14. The molecule has 3 heteroatoms. The highest BCUT2D eigenvalue weighted by Crippen LogP contribution is 2.34. The van der Waals surface area contributed by atoms with Crippen molar-refractivity contribution < 1.29 is 14.4 Å². The predicted molar refractivity (Wildman–Crippen MR) is 116 cm³/mol. The third kappa shape index (κ3) is 12.3. The standard InChI is InChI=1S/C25H42O3/c1-2-3-4-5-6-7-9-12-15-18-22(27)19-16-13-10-8-11-14-17-20-23-24(21-26)25(23)28/h23H,2-20H2,1H3. The van der Waals surface area contributed by atoms with Crippen LogP contribution in [0.2, 0.25) is 0 Å². The fourth-order valence-corrected chi connectivity index (χ4v) is 3.96. The first kappa shape index (κ1) is 24.8. The monoisotopic (exact) mass is 390 g/mol. The number of hydrogen-bond acceptors (Lipinski definition) is 3. The summed E-state index contributed by atoms with van der Waals surface area (Å²) < 4.78 is 0. The Labute approximate surface area is 172 Å². The zero-order valence-corrected chi connectivity index (χ0v) is 18.2. The normalized spacial score (nSPS) is 15.7. The molecule has 0 heterocycles. The van der Waals surface area contributed by atoms with Crippen molar-refractivity contribution in [2.24, 2.45) is 5.92 Å². The van der Waals surface area contributed by atoms with Crippen molar-refractivity contribution in [3.63, 3.8) is 0 Å². The maximum atomic E-state index is 11.9. The molecule has 0 radical (unpaired) electrons. The minimum absolute atomic E-state index is 0.0158. The summed E-state index contributed by atoms with van der Waals surface area (Å²) in [6, 6.07) is 0. The van der Waals surface area contributed by atoms with Gasteiger partial charge in [0.1, 0.15) is 11.7 Å². The molecular formula is C25H42O3. The average Bonchev–Trinajstić information content (AvgIpc) is 3.33. The van der Waals surface area contributed by atoms with E-state index in [0.29, 0.717) is 11.4 Å². The van der Waals surface area contributed by atoms with Gasteiger partial charge in [0.15, 0.2) is 5.78 Å². The van der Waals surface area contributed by atoms with Gasteiger partial charge in [-0.2, -0.15) is 0 Å². The number of ketones is 2. The molecule has 3 nitrogen and oxygen atoms in total. The molecule has 1 unspecified atom stereocenters. The Morgan fingerprint density at radius 2 is 1.14 bits per heavy atom. The molecule has 0 amide bonds. The zero-order chi connectivity index (χ0) is 20.5. The van der Waals surface area contributed by atoms with E-state index in [-0.39, 0.29) is 11.7 Å². The first-order valence-corrected chi connectivity index (χ1v) is 12.0. The van der Waals surface area contributed by atoms with Crippen LogP contribution >= 0.6 is 0 Å². The molecular weight excluding hydrogens is 348 g/mol. The Morgan fingerprint density at radius 1 is 0.714 bits per heavy atom. The van der Waals surface area contributed by atoms with E-state index in [4.69, 9.17) is 0 Å². The Kier molecular flexibility index (Phi) is 14.8. The largest absolute Gasteiger partial charge is 0.300 e. The molecule has 28 heavy (non-hydrogen) atoms. The summed E-state index contributed by atoms with van der Waals surface area (Å²) in [7, 11) is 0. The molecule has 160 valence electrons. The molecule has 0 aromatic rings. The molecule has 0 N–H and O–H groups in total. The van der Waals surface area contributed by atoms with E-state index >= 15 is 0 Å². The topological polar surface area (TPSA) is 51.2 Å². The maximum Gasteiger partial charge on any atom is 0.178 e. The summed E-state index contributed by atoms with van der Waals surface area (Å²) in [5.41, 5.74) is 0.382. The van der Waals surface area contributed by atoms with Crippen molar-refractivity contribution in [3.05, 3.63) is 5.57 Å². The van der Waals surface area contributed by atoms with E-state index in [0.717, 1.165) is 51.4 Å². The van der Waals surface area contributed by atoms with Crippen molar-refractivity contribution in [2.45, 2.75) is 129 Å². The van der Waals surface area contributed by atoms with Crippen LogP contribution in [0.4, 0.5) is 0 Å². The number of Topliss-reactive ketones (excluding diaryl/α,β-unsaturated/α-hetero) is 2. The molecule has 1 fully saturated rings. The molecule has 0 bridgehead atoms. The number of carbonyl (C=O) groups is 2. The third-order valence-electron chi connectivity index (χ3n) is 5.96. The van der Waals surface area contributed by atoms with Crippen LogP contribution in [0.1, 0.15) is 129 Å². The lowest BCUT2D eigenvalue weighted by atomic mass is 10.0. The van der Waals surface area contributed by atoms with Crippen molar-refractivity contribution >= 4 is 17.5 Å². The number of rotatable bonds is 20. The molecule has 0 spiro atoms. The Hall–Kier alpha value is -1.21. The summed E-state index contributed by atoms with van der Waals surface area (Å²) >= 11 is 0. The number of carbonyl (C=O) groups excluding carboxylic acids is 3. The van der Waals surface area contributed by atoms with E-state index in [1.54, 1.807) is 5.94 Å². The molecule has 0 aliphatic heterocycles. The number of allylic oxidation sites excluding steroid dienone is 1. The van der Waals surface area contributed by atoms with Crippen LogP contribution in [0.15, 0.2) is 5.57 Å². The van der Waals surface area contributed by atoms with Gasteiger partial charge in [-0.1, -0.05) is 96.8 Å². The minimum atomic E-state index is -0.0886.